The van der Waals surface area contributed by atoms with Crippen molar-refractivity contribution in [3.8, 4) is 16.8 Å². The summed E-state index contributed by atoms with van der Waals surface area (Å²) in [7, 11) is 0. The topological polar surface area (TPSA) is 17.8 Å². The smallest absolute Gasteiger partial charge is 0.0679 e. The van der Waals surface area contributed by atoms with Crippen LogP contribution in [0.25, 0.3) is 16.8 Å². The first-order valence-corrected chi connectivity index (χ1v) is 6.76. The zero-order valence-corrected chi connectivity index (χ0v) is 12.0. The Bertz CT molecular complexity index is 722. The van der Waals surface area contributed by atoms with Gasteiger partial charge in [-0.25, -0.2) is 4.68 Å². The van der Waals surface area contributed by atoms with E-state index in [0.717, 1.165) is 17.1 Å². The maximum absolute atomic E-state index is 4.68. The lowest BCUT2D eigenvalue weighted by molar-refractivity contribution is 0.833. The van der Waals surface area contributed by atoms with Crippen molar-refractivity contribution in [3.05, 3.63) is 71.5 Å². The normalized spacial score (nSPS) is 10.8. The van der Waals surface area contributed by atoms with Crippen molar-refractivity contribution in [2.75, 3.05) is 0 Å². The van der Waals surface area contributed by atoms with Crippen LogP contribution in [0.1, 0.15) is 17.0 Å². The molecule has 0 fully saturated rings. The highest BCUT2D eigenvalue weighted by molar-refractivity contribution is 5.69. The highest BCUT2D eigenvalue weighted by Gasteiger charge is 2.14. The van der Waals surface area contributed by atoms with Gasteiger partial charge in [0.15, 0.2) is 0 Å². The Morgan fingerprint density at radius 3 is 2.40 bits per heavy atom. The average molecular weight is 261 g/mol. The third kappa shape index (κ3) is 2.14. The fourth-order valence-electron chi connectivity index (χ4n) is 2.55. The Labute approximate surface area is 119 Å². The van der Waals surface area contributed by atoms with Crippen LogP contribution in [-0.2, 0) is 0 Å². The van der Waals surface area contributed by atoms with E-state index in [-0.39, 0.29) is 0 Å². The molecule has 2 nitrogen and oxygen atoms in total. The molecule has 0 aliphatic carbocycles. The summed E-state index contributed by atoms with van der Waals surface area (Å²) in [5.74, 6) is 0. The Hall–Kier alpha value is -2.35. The third-order valence-electron chi connectivity index (χ3n) is 3.57. The van der Waals surface area contributed by atoms with Crippen molar-refractivity contribution >= 4 is 0 Å². The van der Waals surface area contributed by atoms with E-state index in [1.165, 1.54) is 16.7 Å². The van der Waals surface area contributed by atoms with Crippen LogP contribution in [0.15, 0.2) is 48.5 Å². The van der Waals surface area contributed by atoms with Crippen LogP contribution in [0.3, 0.4) is 0 Å². The molecule has 0 aliphatic heterocycles. The number of hydrogen-bond acceptors (Lipinski definition) is 1. The molecule has 1 radical (unpaired) electrons. The van der Waals surface area contributed by atoms with Crippen molar-refractivity contribution < 1.29 is 0 Å². The Morgan fingerprint density at radius 2 is 1.75 bits per heavy atom. The number of rotatable bonds is 2. The fourth-order valence-corrected chi connectivity index (χ4v) is 2.55. The summed E-state index contributed by atoms with van der Waals surface area (Å²) in [6.07, 6.45) is 0. The Kier molecular flexibility index (Phi) is 3.15. The number of nitrogens with zero attached hydrogens (tertiary/aromatic N) is 2. The van der Waals surface area contributed by atoms with Gasteiger partial charge in [-0.15, -0.1) is 0 Å². The number of aromatic nitrogens is 2. The SMILES string of the molecule is Cc1ccc(-c2c(C)nn(-c3c[c]ccc3)c2C)cc1. The standard InChI is InChI=1S/C18H17N2/c1-13-9-11-16(12-10-13)18-14(2)19-20(15(18)3)17-7-5-4-6-8-17/h4-5,7-12H,1-3H3. The highest BCUT2D eigenvalue weighted by Crippen LogP contribution is 2.28. The third-order valence-corrected chi connectivity index (χ3v) is 3.57. The maximum atomic E-state index is 4.68. The molecule has 0 saturated heterocycles. The van der Waals surface area contributed by atoms with Gasteiger partial charge in [-0.1, -0.05) is 42.0 Å². The lowest BCUT2D eigenvalue weighted by Crippen LogP contribution is -1.98. The van der Waals surface area contributed by atoms with Gasteiger partial charge in [-0.05, 0) is 44.5 Å². The summed E-state index contributed by atoms with van der Waals surface area (Å²) >= 11 is 0. The second-order valence-corrected chi connectivity index (χ2v) is 5.09. The van der Waals surface area contributed by atoms with Crippen LogP contribution in [0.4, 0.5) is 0 Å². The van der Waals surface area contributed by atoms with Crippen molar-refractivity contribution in [2.45, 2.75) is 20.8 Å². The first-order chi connectivity index (χ1) is 9.66. The molecule has 1 aromatic heterocycles. The number of hydrogen-bond donors (Lipinski definition) is 0. The molecular weight excluding hydrogens is 244 g/mol. The van der Waals surface area contributed by atoms with Gasteiger partial charge in [0.25, 0.3) is 0 Å². The van der Waals surface area contributed by atoms with Gasteiger partial charge in [-0.2, -0.15) is 5.10 Å². The van der Waals surface area contributed by atoms with E-state index in [2.05, 4.69) is 62.3 Å². The van der Waals surface area contributed by atoms with Gasteiger partial charge in [0.1, 0.15) is 0 Å². The zero-order chi connectivity index (χ0) is 14.1. The minimum absolute atomic E-state index is 1.05. The predicted molar refractivity (Wildman–Crippen MR) is 82.0 cm³/mol. The summed E-state index contributed by atoms with van der Waals surface area (Å²) in [4.78, 5) is 0. The van der Waals surface area contributed by atoms with E-state index in [0.29, 0.717) is 0 Å². The van der Waals surface area contributed by atoms with Crippen molar-refractivity contribution in [3.63, 3.8) is 0 Å². The average Bonchev–Trinajstić information content (AvgIpc) is 2.76. The van der Waals surface area contributed by atoms with Gasteiger partial charge in [0.2, 0.25) is 0 Å². The molecule has 2 heteroatoms. The van der Waals surface area contributed by atoms with E-state index in [1.807, 2.05) is 22.9 Å². The molecule has 0 amide bonds. The molecular formula is C18H17N2. The van der Waals surface area contributed by atoms with E-state index in [4.69, 9.17) is 0 Å². The summed E-state index contributed by atoms with van der Waals surface area (Å²) in [6, 6.07) is 19.6. The minimum atomic E-state index is 1.05. The molecule has 0 N–H and O–H groups in total. The molecule has 99 valence electrons. The Balaban J connectivity index is 2.14. The molecule has 3 aromatic rings. The minimum Gasteiger partial charge on any atom is -0.237 e. The van der Waals surface area contributed by atoms with Crippen LogP contribution in [0.2, 0.25) is 0 Å². The summed E-state index contributed by atoms with van der Waals surface area (Å²) in [5, 5.41) is 4.68. The highest BCUT2D eigenvalue weighted by atomic mass is 15.3. The molecule has 0 aliphatic rings. The first kappa shape index (κ1) is 12.7. The molecule has 1 heterocycles. The Morgan fingerprint density at radius 1 is 1.00 bits per heavy atom. The van der Waals surface area contributed by atoms with Crippen LogP contribution < -0.4 is 0 Å². The lowest BCUT2D eigenvalue weighted by atomic mass is 10.0. The molecule has 0 bridgehead atoms. The van der Waals surface area contributed by atoms with Crippen molar-refractivity contribution in [1.82, 2.24) is 9.78 Å². The van der Waals surface area contributed by atoms with E-state index < -0.39 is 0 Å². The van der Waals surface area contributed by atoms with E-state index in [9.17, 15) is 0 Å². The van der Waals surface area contributed by atoms with Crippen LogP contribution in [0, 0.1) is 26.8 Å². The molecule has 3 rings (SSSR count). The molecule has 2 aromatic carbocycles. The zero-order valence-electron chi connectivity index (χ0n) is 12.0. The predicted octanol–water partition coefficient (Wildman–Crippen LogP) is 4.26. The summed E-state index contributed by atoms with van der Waals surface area (Å²) in [5.41, 5.74) is 6.97. The van der Waals surface area contributed by atoms with Crippen LogP contribution in [0.5, 0.6) is 0 Å². The quantitative estimate of drug-likeness (QED) is 0.673. The van der Waals surface area contributed by atoms with Gasteiger partial charge < -0.3 is 0 Å². The summed E-state index contributed by atoms with van der Waals surface area (Å²) < 4.78 is 1.99. The van der Waals surface area contributed by atoms with Crippen LogP contribution >= 0.6 is 0 Å². The van der Waals surface area contributed by atoms with E-state index >= 15 is 0 Å². The molecule has 0 saturated carbocycles. The van der Waals surface area contributed by atoms with Crippen molar-refractivity contribution in [1.29, 1.82) is 0 Å². The second kappa shape index (κ2) is 4.97. The number of aryl methyl sites for hydroxylation is 2. The molecule has 20 heavy (non-hydrogen) atoms. The van der Waals surface area contributed by atoms with Crippen molar-refractivity contribution in [2.24, 2.45) is 0 Å². The molecule has 0 atom stereocenters. The number of benzene rings is 2. The molecule has 0 unspecified atom stereocenters. The second-order valence-electron chi connectivity index (χ2n) is 5.09. The molecule has 0 spiro atoms. The summed E-state index contributed by atoms with van der Waals surface area (Å²) in [6.45, 7) is 6.28. The van der Waals surface area contributed by atoms with E-state index in [1.54, 1.807) is 0 Å². The van der Waals surface area contributed by atoms with Gasteiger partial charge in [-0.3, -0.25) is 0 Å². The monoisotopic (exact) mass is 261 g/mol. The maximum Gasteiger partial charge on any atom is 0.0679 e. The van der Waals surface area contributed by atoms with Gasteiger partial charge in [0, 0.05) is 11.3 Å². The van der Waals surface area contributed by atoms with Gasteiger partial charge in [0.05, 0.1) is 11.4 Å². The lowest BCUT2D eigenvalue weighted by Gasteiger charge is -2.05. The van der Waals surface area contributed by atoms with Crippen LogP contribution in [-0.4, -0.2) is 9.78 Å². The van der Waals surface area contributed by atoms with Gasteiger partial charge >= 0.3 is 0 Å². The first-order valence-electron chi connectivity index (χ1n) is 6.76. The largest absolute Gasteiger partial charge is 0.237 e. The fraction of sp³-hybridized carbons (Fsp3) is 0.167.